The summed E-state index contributed by atoms with van der Waals surface area (Å²) in [5.41, 5.74) is 7.30. The van der Waals surface area contributed by atoms with Crippen molar-refractivity contribution < 1.29 is 4.39 Å². The van der Waals surface area contributed by atoms with Crippen LogP contribution in [0.2, 0.25) is 0 Å². The number of rotatable bonds is 4. The van der Waals surface area contributed by atoms with Crippen LogP contribution in [-0.4, -0.2) is 11.9 Å². The smallest absolute Gasteiger partial charge is 0.125 e. The van der Waals surface area contributed by atoms with Crippen LogP contribution in [0.4, 0.5) is 10.1 Å². The summed E-state index contributed by atoms with van der Waals surface area (Å²) in [6.07, 6.45) is 0. The molecule has 2 N–H and O–H groups in total. The van der Waals surface area contributed by atoms with Crippen LogP contribution < -0.4 is 5.73 Å². The van der Waals surface area contributed by atoms with Crippen molar-refractivity contribution in [3.63, 3.8) is 0 Å². The molecular weight excluding hydrogens is 247 g/mol. The van der Waals surface area contributed by atoms with Gasteiger partial charge in [-0.25, -0.2) is 4.39 Å². The van der Waals surface area contributed by atoms with Gasteiger partial charge in [-0.05, 0) is 43.1 Å². The van der Waals surface area contributed by atoms with Crippen molar-refractivity contribution in [1.82, 2.24) is 4.90 Å². The first-order chi connectivity index (χ1) is 8.58. The summed E-state index contributed by atoms with van der Waals surface area (Å²) < 4.78 is 13.0. The highest BCUT2D eigenvalue weighted by Gasteiger charge is 2.14. The molecule has 2 nitrogen and oxygen atoms in total. The molecule has 0 aliphatic rings. The number of hydrogen-bond donors (Lipinski definition) is 1. The third-order valence-corrected chi connectivity index (χ3v) is 4.19. The molecule has 0 saturated heterocycles. The van der Waals surface area contributed by atoms with Gasteiger partial charge in [-0.2, -0.15) is 0 Å². The summed E-state index contributed by atoms with van der Waals surface area (Å²) >= 11 is 1.74. The molecule has 0 bridgehead atoms. The molecule has 1 aromatic carbocycles. The Morgan fingerprint density at radius 1 is 1.39 bits per heavy atom. The van der Waals surface area contributed by atoms with Crippen molar-refractivity contribution in [3.05, 3.63) is 52.0 Å². The summed E-state index contributed by atoms with van der Waals surface area (Å²) in [4.78, 5) is 3.52. The molecule has 96 valence electrons. The number of nitrogen functional groups attached to an aromatic ring is 1. The normalized spacial score (nSPS) is 12.9. The van der Waals surface area contributed by atoms with Gasteiger partial charge in [0.25, 0.3) is 0 Å². The molecule has 1 atom stereocenters. The quantitative estimate of drug-likeness (QED) is 0.854. The van der Waals surface area contributed by atoms with Gasteiger partial charge < -0.3 is 5.73 Å². The van der Waals surface area contributed by atoms with Gasteiger partial charge >= 0.3 is 0 Å². The van der Waals surface area contributed by atoms with Crippen LogP contribution in [-0.2, 0) is 6.54 Å². The van der Waals surface area contributed by atoms with Gasteiger partial charge in [-0.1, -0.05) is 12.1 Å². The van der Waals surface area contributed by atoms with Crippen molar-refractivity contribution >= 4 is 17.0 Å². The summed E-state index contributed by atoms with van der Waals surface area (Å²) in [6.45, 7) is 2.87. The van der Waals surface area contributed by atoms with E-state index in [4.69, 9.17) is 5.73 Å². The van der Waals surface area contributed by atoms with E-state index in [1.807, 2.05) is 7.05 Å². The molecule has 18 heavy (non-hydrogen) atoms. The first-order valence-electron chi connectivity index (χ1n) is 5.85. The fraction of sp³-hybridized carbons (Fsp3) is 0.286. The van der Waals surface area contributed by atoms with Crippen LogP contribution >= 0.6 is 11.3 Å². The number of halogens is 1. The van der Waals surface area contributed by atoms with Crippen LogP contribution in [0, 0.1) is 5.82 Å². The largest absolute Gasteiger partial charge is 0.398 e. The Balaban J connectivity index is 2.09. The lowest BCUT2D eigenvalue weighted by molar-refractivity contribution is 0.257. The van der Waals surface area contributed by atoms with Gasteiger partial charge in [0.2, 0.25) is 0 Å². The molecule has 2 rings (SSSR count). The molecule has 1 heterocycles. The molecule has 0 aliphatic carbocycles. The van der Waals surface area contributed by atoms with Gasteiger partial charge in [-0.15, -0.1) is 11.3 Å². The molecule has 0 saturated carbocycles. The van der Waals surface area contributed by atoms with E-state index in [1.165, 1.54) is 17.0 Å². The Kier molecular flexibility index (Phi) is 3.99. The van der Waals surface area contributed by atoms with Crippen LogP contribution in [0.5, 0.6) is 0 Å². The Labute approximate surface area is 111 Å². The zero-order valence-electron chi connectivity index (χ0n) is 10.6. The van der Waals surface area contributed by atoms with Gasteiger partial charge in [0.15, 0.2) is 0 Å². The number of hydrogen-bond acceptors (Lipinski definition) is 3. The third-order valence-electron chi connectivity index (χ3n) is 3.14. The summed E-state index contributed by atoms with van der Waals surface area (Å²) in [5, 5.41) is 2.08. The average molecular weight is 264 g/mol. The first-order valence-corrected chi connectivity index (χ1v) is 6.73. The zero-order valence-corrected chi connectivity index (χ0v) is 11.4. The maximum Gasteiger partial charge on any atom is 0.125 e. The van der Waals surface area contributed by atoms with E-state index in [2.05, 4.69) is 29.3 Å². The van der Waals surface area contributed by atoms with Crippen LogP contribution in [0.15, 0.2) is 35.7 Å². The molecule has 0 radical (unpaired) electrons. The molecular formula is C14H17FN2S. The minimum absolute atomic E-state index is 0.287. The highest BCUT2D eigenvalue weighted by atomic mass is 32.1. The summed E-state index contributed by atoms with van der Waals surface area (Å²) in [6, 6.07) is 9.09. The van der Waals surface area contributed by atoms with E-state index in [0.717, 1.165) is 5.56 Å². The van der Waals surface area contributed by atoms with E-state index >= 15 is 0 Å². The van der Waals surface area contributed by atoms with Gasteiger partial charge in [0.05, 0.1) is 0 Å². The highest BCUT2D eigenvalue weighted by molar-refractivity contribution is 7.10. The van der Waals surface area contributed by atoms with E-state index in [9.17, 15) is 4.39 Å². The second-order valence-corrected chi connectivity index (χ2v) is 5.43. The standard InChI is InChI=1S/C14H17FN2S/c1-10(14-4-3-7-18-14)17(2)9-11-5-6-12(15)8-13(11)16/h3-8,10H,9,16H2,1-2H3. The van der Waals surface area contributed by atoms with E-state index in [-0.39, 0.29) is 5.82 Å². The minimum atomic E-state index is -0.287. The molecule has 0 fully saturated rings. The van der Waals surface area contributed by atoms with E-state index in [1.54, 1.807) is 17.4 Å². The Bertz CT molecular complexity index is 511. The van der Waals surface area contributed by atoms with Crippen molar-refractivity contribution in [2.75, 3.05) is 12.8 Å². The van der Waals surface area contributed by atoms with Crippen molar-refractivity contribution in [2.24, 2.45) is 0 Å². The molecule has 1 aromatic heterocycles. The molecule has 2 aromatic rings. The Morgan fingerprint density at radius 2 is 2.17 bits per heavy atom. The van der Waals surface area contributed by atoms with Crippen LogP contribution in [0.3, 0.4) is 0 Å². The molecule has 4 heteroatoms. The zero-order chi connectivity index (χ0) is 13.1. The summed E-state index contributed by atoms with van der Waals surface area (Å²) in [7, 11) is 2.05. The molecule has 0 spiro atoms. The molecule has 0 aliphatic heterocycles. The minimum Gasteiger partial charge on any atom is -0.398 e. The van der Waals surface area contributed by atoms with Crippen molar-refractivity contribution in [3.8, 4) is 0 Å². The second-order valence-electron chi connectivity index (χ2n) is 4.45. The van der Waals surface area contributed by atoms with Gasteiger partial charge in [0.1, 0.15) is 5.82 Å². The molecule has 1 unspecified atom stereocenters. The third kappa shape index (κ3) is 2.89. The lowest BCUT2D eigenvalue weighted by Gasteiger charge is -2.24. The fourth-order valence-corrected chi connectivity index (χ4v) is 2.71. The van der Waals surface area contributed by atoms with Gasteiger partial charge in [0, 0.05) is 23.2 Å². The second kappa shape index (κ2) is 5.50. The maximum absolute atomic E-state index is 13.0. The molecule has 0 amide bonds. The predicted octanol–water partition coefficient (Wildman–Crippen LogP) is 3.66. The number of anilines is 1. The predicted molar refractivity (Wildman–Crippen MR) is 75.0 cm³/mol. The SMILES string of the molecule is CC(c1cccs1)N(C)Cc1ccc(F)cc1N. The van der Waals surface area contributed by atoms with E-state index in [0.29, 0.717) is 18.3 Å². The lowest BCUT2D eigenvalue weighted by atomic mass is 10.1. The number of nitrogens with zero attached hydrogens (tertiary/aromatic N) is 1. The van der Waals surface area contributed by atoms with Crippen molar-refractivity contribution in [1.29, 1.82) is 0 Å². The van der Waals surface area contributed by atoms with Crippen LogP contribution in [0.1, 0.15) is 23.4 Å². The number of thiophene rings is 1. The first kappa shape index (κ1) is 13.1. The fourth-order valence-electron chi connectivity index (χ4n) is 1.86. The highest BCUT2D eigenvalue weighted by Crippen LogP contribution is 2.26. The summed E-state index contributed by atoms with van der Waals surface area (Å²) in [5.74, 6) is -0.287. The van der Waals surface area contributed by atoms with Crippen molar-refractivity contribution in [2.45, 2.75) is 19.5 Å². The maximum atomic E-state index is 13.0. The van der Waals surface area contributed by atoms with E-state index < -0.39 is 0 Å². The van der Waals surface area contributed by atoms with Crippen LogP contribution in [0.25, 0.3) is 0 Å². The number of benzene rings is 1. The average Bonchev–Trinajstić information content (AvgIpc) is 2.85. The number of nitrogens with two attached hydrogens (primary N) is 1. The topological polar surface area (TPSA) is 29.3 Å². The lowest BCUT2D eigenvalue weighted by Crippen LogP contribution is -2.21. The Morgan fingerprint density at radius 3 is 2.78 bits per heavy atom. The monoisotopic (exact) mass is 264 g/mol. The Hall–Kier alpha value is -1.39. The van der Waals surface area contributed by atoms with Gasteiger partial charge in [-0.3, -0.25) is 4.90 Å².